The van der Waals surface area contributed by atoms with Crippen molar-refractivity contribution in [3.63, 3.8) is 0 Å². The van der Waals surface area contributed by atoms with E-state index < -0.39 is 0 Å². The van der Waals surface area contributed by atoms with Gasteiger partial charge in [-0.25, -0.2) is 0 Å². The van der Waals surface area contributed by atoms with E-state index in [-0.39, 0.29) is 5.92 Å². The molecule has 0 aliphatic carbocycles. The van der Waals surface area contributed by atoms with Gasteiger partial charge in [-0.1, -0.05) is 6.08 Å². The number of nitrogens with zero attached hydrogens (tertiary/aromatic N) is 1. The SMILES string of the molecule is C=CC1CCN(C(=O)C2CCNCC2)CC1. The van der Waals surface area contributed by atoms with Crippen molar-refractivity contribution in [1.82, 2.24) is 10.2 Å². The minimum atomic E-state index is 0.279. The molecule has 1 N–H and O–H groups in total. The average Bonchev–Trinajstić information content (AvgIpc) is 2.39. The van der Waals surface area contributed by atoms with Crippen LogP contribution >= 0.6 is 0 Å². The highest BCUT2D eigenvalue weighted by Crippen LogP contribution is 2.22. The average molecular weight is 222 g/mol. The number of carbonyl (C=O) groups is 1. The molecule has 2 fully saturated rings. The Hall–Kier alpha value is -0.830. The van der Waals surface area contributed by atoms with E-state index in [2.05, 4.69) is 16.8 Å². The summed E-state index contributed by atoms with van der Waals surface area (Å²) in [4.78, 5) is 14.3. The van der Waals surface area contributed by atoms with Crippen LogP contribution in [-0.4, -0.2) is 37.0 Å². The van der Waals surface area contributed by atoms with Crippen LogP contribution in [0.25, 0.3) is 0 Å². The van der Waals surface area contributed by atoms with E-state index in [1.165, 1.54) is 0 Å². The smallest absolute Gasteiger partial charge is 0.225 e. The molecule has 0 aromatic heterocycles. The molecular weight excluding hydrogens is 200 g/mol. The molecule has 0 atom stereocenters. The van der Waals surface area contributed by atoms with Crippen molar-refractivity contribution in [1.29, 1.82) is 0 Å². The van der Waals surface area contributed by atoms with Crippen LogP contribution in [0.1, 0.15) is 25.7 Å². The summed E-state index contributed by atoms with van der Waals surface area (Å²) < 4.78 is 0. The Kier molecular flexibility index (Phi) is 3.99. The molecule has 0 aromatic carbocycles. The van der Waals surface area contributed by atoms with Gasteiger partial charge in [0.25, 0.3) is 0 Å². The van der Waals surface area contributed by atoms with Gasteiger partial charge < -0.3 is 10.2 Å². The molecule has 0 saturated carbocycles. The van der Waals surface area contributed by atoms with Gasteiger partial charge in [0.15, 0.2) is 0 Å². The molecule has 2 aliphatic heterocycles. The Morgan fingerprint density at radius 3 is 2.38 bits per heavy atom. The Morgan fingerprint density at radius 2 is 1.81 bits per heavy atom. The van der Waals surface area contributed by atoms with Crippen LogP contribution in [0.5, 0.6) is 0 Å². The maximum atomic E-state index is 12.2. The largest absolute Gasteiger partial charge is 0.342 e. The molecule has 0 unspecified atom stereocenters. The molecule has 0 radical (unpaired) electrons. The van der Waals surface area contributed by atoms with Gasteiger partial charge in [0.05, 0.1) is 0 Å². The van der Waals surface area contributed by atoms with E-state index in [1.807, 2.05) is 6.08 Å². The summed E-state index contributed by atoms with van der Waals surface area (Å²) in [6, 6.07) is 0. The standard InChI is InChI=1S/C13H22N2O/c1-2-11-5-9-15(10-6-11)13(16)12-3-7-14-8-4-12/h2,11-12,14H,1,3-10H2. The van der Waals surface area contributed by atoms with Gasteiger partial charge in [-0.15, -0.1) is 6.58 Å². The topological polar surface area (TPSA) is 32.3 Å². The van der Waals surface area contributed by atoms with Crippen LogP contribution in [0.15, 0.2) is 12.7 Å². The van der Waals surface area contributed by atoms with E-state index in [9.17, 15) is 4.79 Å². The molecule has 2 heterocycles. The molecule has 3 nitrogen and oxygen atoms in total. The Bertz CT molecular complexity index is 251. The maximum Gasteiger partial charge on any atom is 0.225 e. The lowest BCUT2D eigenvalue weighted by atomic mass is 9.93. The van der Waals surface area contributed by atoms with Crippen LogP contribution in [0.4, 0.5) is 0 Å². The first-order valence-electron chi connectivity index (χ1n) is 6.43. The van der Waals surface area contributed by atoms with Gasteiger partial charge in [0, 0.05) is 19.0 Å². The molecule has 0 spiro atoms. The molecular formula is C13H22N2O. The lowest BCUT2D eigenvalue weighted by Gasteiger charge is -2.34. The lowest BCUT2D eigenvalue weighted by molar-refractivity contribution is -0.137. The van der Waals surface area contributed by atoms with Crippen molar-refractivity contribution in [2.24, 2.45) is 11.8 Å². The summed E-state index contributed by atoms with van der Waals surface area (Å²) in [5, 5.41) is 3.30. The lowest BCUT2D eigenvalue weighted by Crippen LogP contribution is -2.44. The van der Waals surface area contributed by atoms with Crippen molar-refractivity contribution in [3.8, 4) is 0 Å². The van der Waals surface area contributed by atoms with Crippen LogP contribution in [-0.2, 0) is 4.79 Å². The van der Waals surface area contributed by atoms with Crippen LogP contribution in [0, 0.1) is 11.8 Å². The minimum Gasteiger partial charge on any atom is -0.342 e. The van der Waals surface area contributed by atoms with Crippen LogP contribution < -0.4 is 5.32 Å². The zero-order chi connectivity index (χ0) is 11.4. The highest BCUT2D eigenvalue weighted by Gasteiger charge is 2.28. The molecule has 2 rings (SSSR count). The zero-order valence-corrected chi connectivity index (χ0v) is 9.95. The van der Waals surface area contributed by atoms with Gasteiger partial charge in [-0.2, -0.15) is 0 Å². The number of carbonyl (C=O) groups excluding carboxylic acids is 1. The van der Waals surface area contributed by atoms with Crippen molar-refractivity contribution in [3.05, 3.63) is 12.7 Å². The van der Waals surface area contributed by atoms with Crippen molar-refractivity contribution < 1.29 is 4.79 Å². The molecule has 3 heteroatoms. The van der Waals surface area contributed by atoms with Crippen LogP contribution in [0.2, 0.25) is 0 Å². The summed E-state index contributed by atoms with van der Waals surface area (Å²) in [5.41, 5.74) is 0. The maximum absolute atomic E-state index is 12.2. The fourth-order valence-electron chi connectivity index (χ4n) is 2.68. The number of allylic oxidation sites excluding steroid dienone is 1. The highest BCUT2D eigenvalue weighted by atomic mass is 16.2. The zero-order valence-electron chi connectivity index (χ0n) is 9.95. The molecule has 0 aromatic rings. The first kappa shape index (κ1) is 11.6. The number of nitrogens with one attached hydrogen (secondary N) is 1. The monoisotopic (exact) mass is 222 g/mol. The molecule has 1 amide bonds. The van der Waals surface area contributed by atoms with Gasteiger partial charge >= 0.3 is 0 Å². The van der Waals surface area contributed by atoms with Crippen molar-refractivity contribution in [2.45, 2.75) is 25.7 Å². The quantitative estimate of drug-likeness (QED) is 0.717. The number of hydrogen-bond donors (Lipinski definition) is 1. The summed E-state index contributed by atoms with van der Waals surface area (Å²) in [6.45, 7) is 7.69. The summed E-state index contributed by atoms with van der Waals surface area (Å²) in [5.74, 6) is 1.29. The first-order valence-corrected chi connectivity index (χ1v) is 6.43. The Morgan fingerprint density at radius 1 is 1.19 bits per heavy atom. The van der Waals surface area contributed by atoms with E-state index in [0.717, 1.165) is 51.9 Å². The molecule has 2 saturated heterocycles. The number of amides is 1. The van der Waals surface area contributed by atoms with Crippen LogP contribution in [0.3, 0.4) is 0 Å². The second-order valence-corrected chi connectivity index (χ2v) is 4.92. The highest BCUT2D eigenvalue weighted by molar-refractivity contribution is 5.79. The Labute approximate surface area is 97.9 Å². The second-order valence-electron chi connectivity index (χ2n) is 4.92. The van der Waals surface area contributed by atoms with E-state index in [0.29, 0.717) is 11.8 Å². The Balaban J connectivity index is 1.83. The molecule has 90 valence electrons. The second kappa shape index (κ2) is 5.48. The van der Waals surface area contributed by atoms with Gasteiger partial charge in [-0.05, 0) is 44.7 Å². The summed E-state index contributed by atoms with van der Waals surface area (Å²) in [7, 11) is 0. The summed E-state index contributed by atoms with van der Waals surface area (Å²) in [6.07, 6.45) is 6.26. The third-order valence-corrected chi connectivity index (χ3v) is 3.87. The molecule has 0 bridgehead atoms. The van der Waals surface area contributed by atoms with E-state index in [1.54, 1.807) is 0 Å². The number of hydrogen-bond acceptors (Lipinski definition) is 2. The van der Waals surface area contributed by atoms with E-state index in [4.69, 9.17) is 0 Å². The van der Waals surface area contributed by atoms with Crippen molar-refractivity contribution in [2.75, 3.05) is 26.2 Å². The van der Waals surface area contributed by atoms with Gasteiger partial charge in [-0.3, -0.25) is 4.79 Å². The minimum absolute atomic E-state index is 0.279. The predicted octanol–water partition coefficient (Wildman–Crippen LogP) is 1.41. The third-order valence-electron chi connectivity index (χ3n) is 3.87. The molecule has 2 aliphatic rings. The molecule has 16 heavy (non-hydrogen) atoms. The van der Waals surface area contributed by atoms with Gasteiger partial charge in [0.2, 0.25) is 5.91 Å². The number of likely N-dealkylation sites (tertiary alicyclic amines) is 1. The number of piperidine rings is 2. The first-order chi connectivity index (χ1) is 7.81. The summed E-state index contributed by atoms with van der Waals surface area (Å²) >= 11 is 0. The normalized spacial score (nSPS) is 24.4. The number of rotatable bonds is 2. The fraction of sp³-hybridized carbons (Fsp3) is 0.769. The predicted molar refractivity (Wildman–Crippen MR) is 65.1 cm³/mol. The van der Waals surface area contributed by atoms with E-state index >= 15 is 0 Å². The van der Waals surface area contributed by atoms with Gasteiger partial charge in [0.1, 0.15) is 0 Å². The third kappa shape index (κ3) is 2.64. The van der Waals surface area contributed by atoms with Crippen molar-refractivity contribution >= 4 is 5.91 Å². The fourth-order valence-corrected chi connectivity index (χ4v) is 2.68.